The van der Waals surface area contributed by atoms with Gasteiger partial charge < -0.3 is 5.32 Å². The number of halogens is 1. The van der Waals surface area contributed by atoms with Gasteiger partial charge in [0.1, 0.15) is 5.41 Å². The number of amides is 1. The molecule has 0 saturated heterocycles. The highest BCUT2D eigenvalue weighted by Gasteiger charge is 2.44. The number of allylic oxidation sites excluding steroid dienone is 1. The zero-order chi connectivity index (χ0) is 11.6. The zero-order valence-corrected chi connectivity index (χ0v) is 10.8. The average Bonchev–Trinajstić information content (AvgIpc) is 2.14. The van der Waals surface area contributed by atoms with E-state index in [0.29, 0.717) is 23.2 Å². The lowest BCUT2D eigenvalue weighted by Gasteiger charge is -2.31. The topological polar surface area (TPSA) is 46.2 Å². The molecular weight excluding hydrogens is 258 g/mol. The molecule has 0 spiro atoms. The van der Waals surface area contributed by atoms with Crippen LogP contribution in [0.4, 0.5) is 0 Å². The number of carbonyl (C=O) groups excluding carboxylic acids is 2. The van der Waals surface area contributed by atoms with Crippen LogP contribution in [0.3, 0.4) is 0 Å². The number of hydrogen-bond donors (Lipinski definition) is 1. The van der Waals surface area contributed by atoms with Gasteiger partial charge in [0.05, 0.1) is 0 Å². The summed E-state index contributed by atoms with van der Waals surface area (Å²) in [6.45, 7) is 5.75. The molecule has 84 valence electrons. The molecule has 3 nitrogen and oxygen atoms in total. The highest BCUT2D eigenvalue weighted by Crippen LogP contribution is 2.32. The first-order chi connectivity index (χ1) is 6.91. The first-order valence-corrected chi connectivity index (χ1v) is 6.14. The molecule has 0 bridgehead atoms. The summed E-state index contributed by atoms with van der Waals surface area (Å²) in [5.74, 6) is 0.0714. The van der Waals surface area contributed by atoms with Gasteiger partial charge in [0.15, 0.2) is 5.78 Å². The first-order valence-electron chi connectivity index (χ1n) is 5.02. The highest BCUT2D eigenvalue weighted by molar-refractivity contribution is 9.09. The SMILES string of the molecule is CC(C)CC1(C)C(=O)NC=C(CBr)C1=O. The molecule has 0 saturated carbocycles. The van der Waals surface area contributed by atoms with E-state index in [1.54, 1.807) is 6.92 Å². The van der Waals surface area contributed by atoms with E-state index in [-0.39, 0.29) is 11.7 Å². The maximum Gasteiger partial charge on any atom is 0.237 e. The van der Waals surface area contributed by atoms with Crippen molar-refractivity contribution in [2.45, 2.75) is 27.2 Å². The van der Waals surface area contributed by atoms with Crippen molar-refractivity contribution in [2.75, 3.05) is 5.33 Å². The lowest BCUT2D eigenvalue weighted by atomic mass is 9.74. The van der Waals surface area contributed by atoms with Crippen molar-refractivity contribution >= 4 is 27.6 Å². The summed E-state index contributed by atoms with van der Waals surface area (Å²) in [6.07, 6.45) is 2.09. The van der Waals surface area contributed by atoms with Crippen LogP contribution in [0.25, 0.3) is 0 Å². The predicted octanol–water partition coefficient (Wildman–Crippen LogP) is 2.02. The third-order valence-corrected chi connectivity index (χ3v) is 3.24. The van der Waals surface area contributed by atoms with Gasteiger partial charge in [-0.2, -0.15) is 0 Å². The lowest BCUT2D eigenvalue weighted by Crippen LogP contribution is -2.48. The minimum atomic E-state index is -0.897. The fourth-order valence-corrected chi connectivity index (χ4v) is 2.35. The van der Waals surface area contributed by atoms with Gasteiger partial charge in [0.25, 0.3) is 0 Å². The van der Waals surface area contributed by atoms with Crippen LogP contribution in [0.2, 0.25) is 0 Å². The van der Waals surface area contributed by atoms with Crippen molar-refractivity contribution in [2.24, 2.45) is 11.3 Å². The van der Waals surface area contributed by atoms with E-state index in [2.05, 4.69) is 21.2 Å². The molecule has 1 amide bonds. The zero-order valence-electron chi connectivity index (χ0n) is 9.26. The molecule has 1 aliphatic rings. The Labute approximate surface area is 98.4 Å². The molecule has 15 heavy (non-hydrogen) atoms. The van der Waals surface area contributed by atoms with Gasteiger partial charge in [0.2, 0.25) is 5.91 Å². The Morgan fingerprint density at radius 1 is 1.47 bits per heavy atom. The minimum Gasteiger partial charge on any atom is -0.331 e. The van der Waals surface area contributed by atoms with E-state index in [1.807, 2.05) is 13.8 Å². The van der Waals surface area contributed by atoms with Crippen LogP contribution in [0.5, 0.6) is 0 Å². The molecule has 1 unspecified atom stereocenters. The molecular formula is C11H16BrNO2. The third-order valence-electron chi connectivity index (χ3n) is 2.63. The predicted molar refractivity (Wildman–Crippen MR) is 62.6 cm³/mol. The Kier molecular flexibility index (Phi) is 3.71. The van der Waals surface area contributed by atoms with Gasteiger partial charge in [-0.3, -0.25) is 9.59 Å². The maximum absolute atomic E-state index is 12.1. The number of alkyl halides is 1. The van der Waals surface area contributed by atoms with Crippen LogP contribution in [0.15, 0.2) is 11.8 Å². The summed E-state index contributed by atoms with van der Waals surface area (Å²) in [5, 5.41) is 3.14. The van der Waals surface area contributed by atoms with Gasteiger partial charge in [-0.25, -0.2) is 0 Å². The monoisotopic (exact) mass is 273 g/mol. The van der Waals surface area contributed by atoms with Crippen molar-refractivity contribution in [3.63, 3.8) is 0 Å². The molecule has 0 aromatic rings. The number of ketones is 1. The second-order valence-corrected chi connectivity index (χ2v) is 5.10. The number of Topliss-reactive ketones (excluding diaryl/α,β-unsaturated/α-hetero) is 1. The average molecular weight is 274 g/mol. The second-order valence-electron chi connectivity index (χ2n) is 4.54. The molecule has 0 radical (unpaired) electrons. The van der Waals surface area contributed by atoms with Crippen LogP contribution in [0.1, 0.15) is 27.2 Å². The van der Waals surface area contributed by atoms with Crippen LogP contribution in [-0.4, -0.2) is 17.0 Å². The van der Waals surface area contributed by atoms with Crippen molar-refractivity contribution in [1.29, 1.82) is 0 Å². The Bertz CT molecular complexity index is 323. The van der Waals surface area contributed by atoms with Crippen molar-refractivity contribution in [3.8, 4) is 0 Å². The normalized spacial score (nSPS) is 26.6. The molecule has 1 atom stereocenters. The molecule has 1 N–H and O–H groups in total. The van der Waals surface area contributed by atoms with E-state index in [4.69, 9.17) is 0 Å². The summed E-state index contributed by atoms with van der Waals surface area (Å²) in [6, 6.07) is 0. The molecule has 1 aliphatic heterocycles. The summed E-state index contributed by atoms with van der Waals surface area (Å²) < 4.78 is 0. The number of nitrogens with one attached hydrogen (secondary N) is 1. The summed E-state index contributed by atoms with van der Waals surface area (Å²) >= 11 is 3.25. The Balaban J connectivity index is 3.01. The number of hydrogen-bond acceptors (Lipinski definition) is 2. The molecule has 0 aromatic heterocycles. The summed E-state index contributed by atoms with van der Waals surface area (Å²) in [5.41, 5.74) is -0.260. The van der Waals surface area contributed by atoms with E-state index in [1.165, 1.54) is 6.20 Å². The van der Waals surface area contributed by atoms with Crippen LogP contribution >= 0.6 is 15.9 Å². The van der Waals surface area contributed by atoms with E-state index < -0.39 is 5.41 Å². The number of rotatable bonds is 3. The van der Waals surface area contributed by atoms with Crippen LogP contribution < -0.4 is 5.32 Å². The number of carbonyl (C=O) groups is 2. The fraction of sp³-hybridized carbons (Fsp3) is 0.636. The Morgan fingerprint density at radius 3 is 2.53 bits per heavy atom. The van der Waals surface area contributed by atoms with Gasteiger partial charge in [0, 0.05) is 17.1 Å². The first kappa shape index (κ1) is 12.4. The maximum atomic E-state index is 12.1. The Hall–Kier alpha value is -0.640. The van der Waals surface area contributed by atoms with E-state index >= 15 is 0 Å². The molecule has 1 rings (SSSR count). The van der Waals surface area contributed by atoms with Gasteiger partial charge in [-0.1, -0.05) is 29.8 Å². The van der Waals surface area contributed by atoms with E-state index in [9.17, 15) is 9.59 Å². The van der Waals surface area contributed by atoms with E-state index in [0.717, 1.165) is 0 Å². The standard InChI is InChI=1S/C11H16BrNO2/c1-7(2)4-11(3)9(14)8(5-12)6-13-10(11)15/h6-7H,4-5H2,1-3H3,(H,13,15). The molecule has 4 heteroatoms. The fourth-order valence-electron chi connectivity index (χ4n) is 1.94. The molecule has 0 fully saturated rings. The lowest BCUT2D eigenvalue weighted by molar-refractivity contribution is -0.140. The third kappa shape index (κ3) is 2.30. The highest BCUT2D eigenvalue weighted by atomic mass is 79.9. The smallest absolute Gasteiger partial charge is 0.237 e. The minimum absolute atomic E-state index is 0.0585. The Morgan fingerprint density at radius 2 is 2.07 bits per heavy atom. The molecule has 0 aromatic carbocycles. The van der Waals surface area contributed by atoms with Crippen molar-refractivity contribution in [1.82, 2.24) is 5.32 Å². The van der Waals surface area contributed by atoms with Gasteiger partial charge >= 0.3 is 0 Å². The molecule has 0 aliphatic carbocycles. The summed E-state index contributed by atoms with van der Waals surface area (Å²) in [4.78, 5) is 23.8. The second kappa shape index (κ2) is 4.47. The van der Waals surface area contributed by atoms with Gasteiger partial charge in [-0.15, -0.1) is 0 Å². The largest absolute Gasteiger partial charge is 0.331 e. The van der Waals surface area contributed by atoms with Crippen LogP contribution in [0, 0.1) is 11.3 Å². The summed E-state index contributed by atoms with van der Waals surface area (Å²) in [7, 11) is 0. The quantitative estimate of drug-likeness (QED) is 0.632. The van der Waals surface area contributed by atoms with Gasteiger partial charge in [-0.05, 0) is 19.3 Å². The van der Waals surface area contributed by atoms with Crippen LogP contribution in [-0.2, 0) is 9.59 Å². The van der Waals surface area contributed by atoms with Crippen molar-refractivity contribution in [3.05, 3.63) is 11.8 Å². The molecule has 1 heterocycles. The van der Waals surface area contributed by atoms with Crippen molar-refractivity contribution < 1.29 is 9.59 Å².